The molecule has 0 aliphatic heterocycles. The fourth-order valence-corrected chi connectivity index (χ4v) is 4.65. The third-order valence-electron chi connectivity index (χ3n) is 4.92. The average molecular weight is 408 g/mol. The zero-order valence-electron chi connectivity index (χ0n) is 16.3. The molecule has 1 N–H and O–H groups in total. The van der Waals surface area contributed by atoms with Crippen molar-refractivity contribution in [3.8, 4) is 11.1 Å². The lowest BCUT2D eigenvalue weighted by atomic mass is 10.0. The van der Waals surface area contributed by atoms with Crippen molar-refractivity contribution in [1.29, 1.82) is 0 Å². The fourth-order valence-electron chi connectivity index (χ4n) is 3.41. The Bertz CT molecular complexity index is 1190. The molecule has 0 atom stereocenters. The maximum absolute atomic E-state index is 13.5. The average Bonchev–Trinajstić information content (AvgIpc) is 3.14. The van der Waals surface area contributed by atoms with E-state index in [0.717, 1.165) is 38.5 Å². The summed E-state index contributed by atoms with van der Waals surface area (Å²) in [6.45, 7) is 2.97. The lowest BCUT2D eigenvalue weighted by molar-refractivity contribution is 0.0942. The first-order valence-corrected chi connectivity index (χ1v) is 10.3. The van der Waals surface area contributed by atoms with Crippen LogP contribution in [-0.2, 0) is 11.2 Å². The Labute approximate surface area is 172 Å². The summed E-state index contributed by atoms with van der Waals surface area (Å²) in [6, 6.07) is 12.5. The van der Waals surface area contributed by atoms with Gasteiger partial charge in [0.05, 0.1) is 12.1 Å². The molecular formula is C23H21FN2O2S. The topological polar surface area (TPSA) is 51.2 Å². The van der Waals surface area contributed by atoms with Gasteiger partial charge >= 0.3 is 0 Å². The number of carbonyl (C=O) groups excluding carboxylic acids is 1. The lowest BCUT2D eigenvalue weighted by Crippen LogP contribution is -2.26. The highest BCUT2D eigenvalue weighted by Crippen LogP contribution is 2.41. The lowest BCUT2D eigenvalue weighted by Gasteiger charge is -2.07. The summed E-state index contributed by atoms with van der Waals surface area (Å²) < 4.78 is 19.5. The largest absolute Gasteiger partial charge is 0.383 e. The number of fused-ring (bicyclic) bond motifs is 3. The third kappa shape index (κ3) is 3.73. The number of nitrogens with zero attached hydrogens (tertiary/aromatic N) is 1. The van der Waals surface area contributed by atoms with Crippen LogP contribution in [0.2, 0.25) is 0 Å². The van der Waals surface area contributed by atoms with Crippen LogP contribution in [0.5, 0.6) is 0 Å². The monoisotopic (exact) mass is 408 g/mol. The van der Waals surface area contributed by atoms with Crippen molar-refractivity contribution in [3.05, 3.63) is 64.9 Å². The van der Waals surface area contributed by atoms with Crippen molar-refractivity contribution >= 4 is 38.2 Å². The zero-order chi connectivity index (χ0) is 20.4. The van der Waals surface area contributed by atoms with Crippen molar-refractivity contribution in [2.24, 2.45) is 0 Å². The molecule has 4 nitrogen and oxygen atoms in total. The predicted molar refractivity (Wildman–Crippen MR) is 116 cm³/mol. The number of hydrogen-bond donors (Lipinski definition) is 1. The van der Waals surface area contributed by atoms with Gasteiger partial charge in [-0.15, -0.1) is 11.3 Å². The fraction of sp³-hybridized carbons (Fsp3) is 0.217. The molecule has 4 aromatic rings. The van der Waals surface area contributed by atoms with E-state index in [1.165, 1.54) is 29.0 Å². The molecule has 0 aliphatic carbocycles. The maximum Gasteiger partial charge on any atom is 0.262 e. The number of aryl methyl sites for hydroxylation is 1. The first-order chi connectivity index (χ1) is 14.1. The van der Waals surface area contributed by atoms with Crippen LogP contribution in [-0.4, -0.2) is 31.2 Å². The molecule has 0 saturated heterocycles. The number of pyridine rings is 1. The molecule has 2 aromatic carbocycles. The van der Waals surface area contributed by atoms with E-state index >= 15 is 0 Å². The predicted octanol–water partition coefficient (Wildman–Crippen LogP) is 5.19. The van der Waals surface area contributed by atoms with E-state index in [9.17, 15) is 9.18 Å². The maximum atomic E-state index is 13.5. The highest BCUT2D eigenvalue weighted by atomic mass is 32.1. The van der Waals surface area contributed by atoms with Crippen LogP contribution < -0.4 is 5.32 Å². The Morgan fingerprint density at radius 3 is 2.69 bits per heavy atom. The number of nitrogens with one attached hydrogen (secondary N) is 1. The van der Waals surface area contributed by atoms with E-state index in [0.29, 0.717) is 18.0 Å². The van der Waals surface area contributed by atoms with Crippen LogP contribution in [0.4, 0.5) is 4.39 Å². The number of thiophene rings is 1. The minimum atomic E-state index is -0.310. The van der Waals surface area contributed by atoms with E-state index < -0.39 is 0 Å². The number of rotatable bonds is 6. The molecular weight excluding hydrogens is 387 g/mol. The molecule has 148 valence electrons. The van der Waals surface area contributed by atoms with Crippen LogP contribution in [0.3, 0.4) is 0 Å². The molecule has 0 aliphatic rings. The van der Waals surface area contributed by atoms with Gasteiger partial charge in [0.2, 0.25) is 0 Å². The molecule has 0 saturated carbocycles. The van der Waals surface area contributed by atoms with Crippen LogP contribution in [0.25, 0.3) is 32.1 Å². The van der Waals surface area contributed by atoms with E-state index in [-0.39, 0.29) is 11.7 Å². The molecule has 4 rings (SSSR count). The second kappa shape index (κ2) is 8.27. The van der Waals surface area contributed by atoms with Crippen molar-refractivity contribution < 1.29 is 13.9 Å². The molecule has 0 fully saturated rings. The Balaban J connectivity index is 1.95. The summed E-state index contributed by atoms with van der Waals surface area (Å²) in [4.78, 5) is 18.2. The summed E-state index contributed by atoms with van der Waals surface area (Å²) >= 11 is 1.45. The molecule has 2 aromatic heterocycles. The first kappa shape index (κ1) is 19.5. The molecule has 1 amide bonds. The minimum Gasteiger partial charge on any atom is -0.383 e. The number of ether oxygens (including phenoxy) is 1. The van der Waals surface area contributed by atoms with Gasteiger partial charge < -0.3 is 10.1 Å². The van der Waals surface area contributed by atoms with E-state index in [4.69, 9.17) is 4.74 Å². The van der Waals surface area contributed by atoms with E-state index in [1.54, 1.807) is 19.2 Å². The van der Waals surface area contributed by atoms with Gasteiger partial charge in [-0.05, 0) is 41.8 Å². The number of benzene rings is 2. The van der Waals surface area contributed by atoms with Gasteiger partial charge in [0.25, 0.3) is 5.91 Å². The Hall–Kier alpha value is -2.83. The van der Waals surface area contributed by atoms with Gasteiger partial charge in [-0.25, -0.2) is 4.39 Å². The number of methoxy groups -OCH3 is 1. The summed E-state index contributed by atoms with van der Waals surface area (Å²) in [6.07, 6.45) is 2.73. The second-order valence-corrected chi connectivity index (χ2v) is 7.79. The molecule has 0 bridgehead atoms. The summed E-state index contributed by atoms with van der Waals surface area (Å²) in [5, 5.41) is 4.84. The van der Waals surface area contributed by atoms with Gasteiger partial charge in [-0.2, -0.15) is 0 Å². The van der Waals surface area contributed by atoms with Crippen molar-refractivity contribution in [3.63, 3.8) is 0 Å². The van der Waals surface area contributed by atoms with Crippen molar-refractivity contribution in [2.75, 3.05) is 20.3 Å². The van der Waals surface area contributed by atoms with Crippen molar-refractivity contribution in [2.45, 2.75) is 13.3 Å². The van der Waals surface area contributed by atoms with Crippen molar-refractivity contribution in [1.82, 2.24) is 10.3 Å². The van der Waals surface area contributed by atoms with E-state index in [2.05, 4.69) is 29.4 Å². The summed E-state index contributed by atoms with van der Waals surface area (Å²) in [5.74, 6) is -0.474. The number of amides is 1. The quantitative estimate of drug-likeness (QED) is 0.447. The molecule has 0 radical (unpaired) electrons. The van der Waals surface area contributed by atoms with Crippen LogP contribution in [0.15, 0.2) is 48.7 Å². The van der Waals surface area contributed by atoms with Gasteiger partial charge in [0, 0.05) is 40.9 Å². The van der Waals surface area contributed by atoms with Crippen LogP contribution in [0.1, 0.15) is 22.2 Å². The summed E-state index contributed by atoms with van der Waals surface area (Å²) in [5.41, 5.74) is 3.70. The van der Waals surface area contributed by atoms with Crippen LogP contribution >= 0.6 is 11.3 Å². The smallest absolute Gasteiger partial charge is 0.262 e. The number of halogens is 1. The molecule has 0 unspecified atom stereocenters. The molecule has 2 heterocycles. The van der Waals surface area contributed by atoms with E-state index in [1.807, 2.05) is 12.3 Å². The minimum absolute atomic E-state index is 0.164. The number of carbonyl (C=O) groups is 1. The number of hydrogen-bond acceptors (Lipinski definition) is 4. The Morgan fingerprint density at radius 1 is 1.17 bits per heavy atom. The zero-order valence-corrected chi connectivity index (χ0v) is 17.1. The third-order valence-corrected chi connectivity index (χ3v) is 6.16. The number of aromatic nitrogens is 1. The SMILES string of the molecule is CCc1ccc2ncc3c(-c4ccc(F)cc4)c(C(=O)NCCOC)sc3c2c1. The van der Waals surface area contributed by atoms with Gasteiger partial charge in [0.1, 0.15) is 10.7 Å². The molecule has 6 heteroatoms. The highest BCUT2D eigenvalue weighted by Gasteiger charge is 2.21. The Kier molecular flexibility index (Phi) is 5.56. The first-order valence-electron chi connectivity index (χ1n) is 9.49. The van der Waals surface area contributed by atoms with Gasteiger partial charge in [-0.1, -0.05) is 25.1 Å². The summed E-state index contributed by atoms with van der Waals surface area (Å²) in [7, 11) is 1.60. The van der Waals surface area contributed by atoms with Crippen LogP contribution in [0, 0.1) is 5.82 Å². The molecule has 0 spiro atoms. The molecule has 29 heavy (non-hydrogen) atoms. The van der Waals surface area contributed by atoms with Gasteiger partial charge in [-0.3, -0.25) is 9.78 Å². The second-order valence-electron chi connectivity index (χ2n) is 6.77. The standard InChI is InChI=1S/C23H21FN2O2S/c1-3-14-4-9-19-17(12-14)21-18(13-26-19)20(15-5-7-16(24)8-6-15)22(29-21)23(27)25-10-11-28-2/h4-9,12-13H,3,10-11H2,1-2H3,(H,25,27). The van der Waals surface area contributed by atoms with Gasteiger partial charge in [0.15, 0.2) is 0 Å². The Morgan fingerprint density at radius 2 is 1.97 bits per heavy atom. The normalized spacial score (nSPS) is 11.3. The highest BCUT2D eigenvalue weighted by molar-refractivity contribution is 7.22.